The molecular formula is C15H21N3O2. The maximum atomic E-state index is 11.9. The van der Waals surface area contributed by atoms with E-state index in [-0.39, 0.29) is 11.8 Å². The first kappa shape index (κ1) is 13.4. The molecule has 1 aromatic heterocycles. The van der Waals surface area contributed by atoms with Crippen LogP contribution in [0.1, 0.15) is 13.3 Å². The zero-order valence-corrected chi connectivity index (χ0v) is 11.8. The summed E-state index contributed by atoms with van der Waals surface area (Å²) < 4.78 is 6.96. The average Bonchev–Trinajstić information content (AvgIpc) is 3.00. The van der Waals surface area contributed by atoms with E-state index in [1.165, 1.54) is 0 Å². The molecule has 5 nitrogen and oxygen atoms in total. The monoisotopic (exact) mass is 275 g/mol. The van der Waals surface area contributed by atoms with Crippen LogP contribution in [0.3, 0.4) is 0 Å². The maximum absolute atomic E-state index is 11.9. The van der Waals surface area contributed by atoms with Gasteiger partial charge in [0, 0.05) is 25.7 Å². The number of nitrogens with zero attached hydrogens (tertiary/aromatic N) is 2. The Labute approximate surface area is 118 Å². The first-order chi connectivity index (χ1) is 9.65. The Kier molecular flexibility index (Phi) is 3.63. The van der Waals surface area contributed by atoms with E-state index in [9.17, 15) is 4.79 Å². The Balaban J connectivity index is 1.69. The standard InChI is InChI=1S/C15H21N3O2/c1-11(16)12-6-7-17(10-12)8-9-18-13-4-2-3-5-14(13)20-15(18)19/h2-5,11-12H,6-10,16H2,1H3. The van der Waals surface area contributed by atoms with Gasteiger partial charge in [-0.2, -0.15) is 0 Å². The van der Waals surface area contributed by atoms with Crippen molar-refractivity contribution in [1.29, 1.82) is 0 Å². The summed E-state index contributed by atoms with van der Waals surface area (Å²) in [6.45, 7) is 5.70. The van der Waals surface area contributed by atoms with Crippen molar-refractivity contribution in [2.45, 2.75) is 25.9 Å². The van der Waals surface area contributed by atoms with Gasteiger partial charge in [0.1, 0.15) is 0 Å². The quantitative estimate of drug-likeness (QED) is 0.912. The van der Waals surface area contributed by atoms with E-state index < -0.39 is 0 Å². The molecular weight excluding hydrogens is 254 g/mol. The number of aromatic nitrogens is 1. The van der Waals surface area contributed by atoms with Gasteiger partial charge in [0.05, 0.1) is 5.52 Å². The number of likely N-dealkylation sites (tertiary alicyclic amines) is 1. The van der Waals surface area contributed by atoms with Gasteiger partial charge in [0.25, 0.3) is 0 Å². The molecule has 0 bridgehead atoms. The van der Waals surface area contributed by atoms with Crippen LogP contribution in [0.25, 0.3) is 11.1 Å². The van der Waals surface area contributed by atoms with Gasteiger partial charge in [-0.15, -0.1) is 0 Å². The first-order valence-corrected chi connectivity index (χ1v) is 7.21. The highest BCUT2D eigenvalue weighted by Gasteiger charge is 2.25. The van der Waals surface area contributed by atoms with Gasteiger partial charge in [0.15, 0.2) is 5.58 Å². The van der Waals surface area contributed by atoms with Crippen LogP contribution in [0.5, 0.6) is 0 Å². The molecule has 1 aromatic carbocycles. The minimum atomic E-state index is -0.269. The summed E-state index contributed by atoms with van der Waals surface area (Å²) in [4.78, 5) is 14.3. The zero-order chi connectivity index (χ0) is 14.1. The zero-order valence-electron chi connectivity index (χ0n) is 11.8. The lowest BCUT2D eigenvalue weighted by Gasteiger charge is -2.17. The molecule has 0 spiro atoms. The second-order valence-corrected chi connectivity index (χ2v) is 5.70. The molecule has 3 rings (SSSR count). The third-order valence-electron chi connectivity index (χ3n) is 4.27. The third kappa shape index (κ3) is 2.51. The predicted octanol–water partition coefficient (Wildman–Crippen LogP) is 1.26. The normalized spacial score (nSPS) is 21.6. The Morgan fingerprint density at radius 2 is 2.20 bits per heavy atom. The van der Waals surface area contributed by atoms with E-state index in [0.29, 0.717) is 18.0 Å². The second-order valence-electron chi connectivity index (χ2n) is 5.70. The summed E-state index contributed by atoms with van der Waals surface area (Å²) in [6, 6.07) is 7.81. The number of para-hydroxylation sites is 2. The van der Waals surface area contributed by atoms with Crippen molar-refractivity contribution in [3.63, 3.8) is 0 Å². The molecule has 1 aliphatic rings. The van der Waals surface area contributed by atoms with E-state index in [0.717, 1.165) is 31.6 Å². The number of oxazole rings is 1. The fourth-order valence-corrected chi connectivity index (χ4v) is 2.96. The van der Waals surface area contributed by atoms with Crippen LogP contribution in [0.2, 0.25) is 0 Å². The molecule has 2 N–H and O–H groups in total. The largest absolute Gasteiger partial charge is 0.419 e. The molecule has 20 heavy (non-hydrogen) atoms. The Morgan fingerprint density at radius 1 is 1.40 bits per heavy atom. The summed E-state index contributed by atoms with van der Waals surface area (Å²) >= 11 is 0. The molecule has 0 amide bonds. The highest BCUT2D eigenvalue weighted by Crippen LogP contribution is 2.18. The minimum Gasteiger partial charge on any atom is -0.408 e. The number of benzene rings is 1. The molecule has 0 saturated carbocycles. The van der Waals surface area contributed by atoms with Crippen molar-refractivity contribution in [2.75, 3.05) is 19.6 Å². The topological polar surface area (TPSA) is 64.4 Å². The van der Waals surface area contributed by atoms with E-state index in [1.54, 1.807) is 4.57 Å². The lowest BCUT2D eigenvalue weighted by Crippen LogP contribution is -2.32. The van der Waals surface area contributed by atoms with Gasteiger partial charge in [0.2, 0.25) is 0 Å². The van der Waals surface area contributed by atoms with Crippen molar-refractivity contribution in [1.82, 2.24) is 9.47 Å². The molecule has 0 radical (unpaired) electrons. The molecule has 1 aliphatic heterocycles. The van der Waals surface area contributed by atoms with Crippen molar-refractivity contribution < 1.29 is 4.42 Å². The number of hydrogen-bond donors (Lipinski definition) is 1. The molecule has 1 saturated heterocycles. The first-order valence-electron chi connectivity index (χ1n) is 7.21. The fourth-order valence-electron chi connectivity index (χ4n) is 2.96. The van der Waals surface area contributed by atoms with E-state index in [2.05, 4.69) is 11.8 Å². The lowest BCUT2D eigenvalue weighted by atomic mass is 10.0. The summed E-state index contributed by atoms with van der Waals surface area (Å²) in [5.74, 6) is 0.307. The van der Waals surface area contributed by atoms with Crippen LogP contribution in [0.15, 0.2) is 33.5 Å². The van der Waals surface area contributed by atoms with Gasteiger partial charge in [-0.3, -0.25) is 4.57 Å². The van der Waals surface area contributed by atoms with E-state index >= 15 is 0 Å². The number of fused-ring (bicyclic) bond motifs is 1. The molecule has 2 unspecified atom stereocenters. The van der Waals surface area contributed by atoms with Gasteiger partial charge in [-0.25, -0.2) is 4.79 Å². The van der Waals surface area contributed by atoms with Crippen molar-refractivity contribution >= 4 is 11.1 Å². The molecule has 2 heterocycles. The Bertz CT molecular complexity index is 644. The summed E-state index contributed by atoms with van der Waals surface area (Å²) in [5.41, 5.74) is 7.49. The molecule has 2 atom stereocenters. The van der Waals surface area contributed by atoms with Crippen molar-refractivity contribution in [3.8, 4) is 0 Å². The molecule has 108 valence electrons. The maximum Gasteiger partial charge on any atom is 0.419 e. The van der Waals surface area contributed by atoms with Crippen LogP contribution in [0.4, 0.5) is 0 Å². The highest BCUT2D eigenvalue weighted by molar-refractivity contribution is 5.72. The summed E-state index contributed by atoms with van der Waals surface area (Å²) in [6.07, 6.45) is 1.15. The van der Waals surface area contributed by atoms with Crippen molar-refractivity contribution in [2.24, 2.45) is 11.7 Å². The molecule has 1 fully saturated rings. The smallest absolute Gasteiger partial charge is 0.408 e. The summed E-state index contributed by atoms with van der Waals surface area (Å²) in [5, 5.41) is 0. The molecule has 5 heteroatoms. The fraction of sp³-hybridized carbons (Fsp3) is 0.533. The second kappa shape index (κ2) is 5.42. The van der Waals surface area contributed by atoms with Crippen LogP contribution >= 0.6 is 0 Å². The highest BCUT2D eigenvalue weighted by atomic mass is 16.4. The third-order valence-corrected chi connectivity index (χ3v) is 4.27. The SMILES string of the molecule is CC(N)C1CCN(CCn2c(=O)oc3ccccc32)C1. The van der Waals surface area contributed by atoms with Gasteiger partial charge in [-0.1, -0.05) is 12.1 Å². The average molecular weight is 275 g/mol. The van der Waals surface area contributed by atoms with E-state index in [1.807, 2.05) is 24.3 Å². The number of nitrogens with two attached hydrogens (primary N) is 1. The van der Waals surface area contributed by atoms with Gasteiger partial charge < -0.3 is 15.1 Å². The van der Waals surface area contributed by atoms with Crippen LogP contribution in [-0.4, -0.2) is 35.1 Å². The Hall–Kier alpha value is -1.59. The van der Waals surface area contributed by atoms with Gasteiger partial charge >= 0.3 is 5.76 Å². The van der Waals surface area contributed by atoms with Gasteiger partial charge in [-0.05, 0) is 37.9 Å². The van der Waals surface area contributed by atoms with Crippen LogP contribution in [-0.2, 0) is 6.54 Å². The number of hydrogen-bond acceptors (Lipinski definition) is 4. The van der Waals surface area contributed by atoms with Crippen LogP contribution < -0.4 is 11.5 Å². The lowest BCUT2D eigenvalue weighted by molar-refractivity contribution is 0.299. The predicted molar refractivity (Wildman–Crippen MR) is 78.7 cm³/mol. The Morgan fingerprint density at radius 3 is 2.95 bits per heavy atom. The minimum absolute atomic E-state index is 0.248. The molecule has 0 aliphatic carbocycles. The van der Waals surface area contributed by atoms with Crippen LogP contribution in [0, 0.1) is 5.92 Å². The van der Waals surface area contributed by atoms with E-state index in [4.69, 9.17) is 10.2 Å². The van der Waals surface area contributed by atoms with Crippen molar-refractivity contribution in [3.05, 3.63) is 34.8 Å². The number of rotatable bonds is 4. The molecule has 2 aromatic rings. The summed E-state index contributed by atoms with van der Waals surface area (Å²) in [7, 11) is 0.